The van der Waals surface area contributed by atoms with Gasteiger partial charge in [0, 0.05) is 6.42 Å². The van der Waals surface area contributed by atoms with Crippen molar-refractivity contribution in [2.75, 3.05) is 0 Å². The molecule has 0 spiro atoms. The number of alkyl halides is 2. The zero-order chi connectivity index (χ0) is 16.6. The summed E-state index contributed by atoms with van der Waals surface area (Å²) in [6, 6.07) is 0. The molecule has 0 saturated carbocycles. The molecule has 0 heterocycles. The SMILES string of the molecule is CCCCCCCC[C@H](F)[C@H](F)CCCCCCCC(=O)O. The summed E-state index contributed by atoms with van der Waals surface area (Å²) in [7, 11) is 0. The lowest BCUT2D eigenvalue weighted by atomic mass is 10.0. The van der Waals surface area contributed by atoms with Crippen LogP contribution in [0, 0.1) is 0 Å². The maximum atomic E-state index is 13.7. The maximum absolute atomic E-state index is 13.7. The van der Waals surface area contributed by atoms with Crippen molar-refractivity contribution in [2.45, 2.75) is 109 Å². The molecule has 0 fully saturated rings. The Morgan fingerprint density at radius 2 is 1.18 bits per heavy atom. The molecule has 2 atom stereocenters. The van der Waals surface area contributed by atoms with Gasteiger partial charge in [-0.1, -0.05) is 71.1 Å². The summed E-state index contributed by atoms with van der Waals surface area (Å²) in [5.41, 5.74) is 0. The van der Waals surface area contributed by atoms with Crippen LogP contribution in [0.4, 0.5) is 8.78 Å². The first-order valence-corrected chi connectivity index (χ1v) is 9.07. The first-order chi connectivity index (χ1) is 10.6. The highest BCUT2D eigenvalue weighted by molar-refractivity contribution is 5.66. The highest BCUT2D eigenvalue weighted by Crippen LogP contribution is 2.19. The molecular formula is C18H34F2O2. The zero-order valence-electron chi connectivity index (χ0n) is 14.2. The van der Waals surface area contributed by atoms with Crippen molar-refractivity contribution in [3.05, 3.63) is 0 Å². The summed E-state index contributed by atoms with van der Waals surface area (Å²) in [6.45, 7) is 2.16. The molecule has 2 nitrogen and oxygen atoms in total. The second-order valence-corrected chi connectivity index (χ2v) is 6.29. The van der Waals surface area contributed by atoms with E-state index in [2.05, 4.69) is 6.92 Å². The van der Waals surface area contributed by atoms with Gasteiger partial charge in [-0.05, 0) is 19.3 Å². The highest BCUT2D eigenvalue weighted by Gasteiger charge is 2.19. The van der Waals surface area contributed by atoms with Gasteiger partial charge in [0.2, 0.25) is 0 Å². The minimum Gasteiger partial charge on any atom is -0.481 e. The largest absolute Gasteiger partial charge is 0.481 e. The number of rotatable bonds is 16. The van der Waals surface area contributed by atoms with E-state index in [1.54, 1.807) is 0 Å². The second-order valence-electron chi connectivity index (χ2n) is 6.29. The average molecular weight is 320 g/mol. The number of carboxylic acid groups (broad SMARTS) is 1. The van der Waals surface area contributed by atoms with Crippen LogP contribution in [0.1, 0.15) is 96.8 Å². The van der Waals surface area contributed by atoms with Gasteiger partial charge in [0.1, 0.15) is 12.3 Å². The molecule has 0 aromatic carbocycles. The molecule has 0 saturated heterocycles. The van der Waals surface area contributed by atoms with Crippen LogP contribution in [-0.2, 0) is 4.79 Å². The van der Waals surface area contributed by atoms with Crippen molar-refractivity contribution in [3.8, 4) is 0 Å². The van der Waals surface area contributed by atoms with Gasteiger partial charge in [-0.25, -0.2) is 8.78 Å². The molecule has 0 aliphatic heterocycles. The third-order valence-corrected chi connectivity index (χ3v) is 4.10. The Morgan fingerprint density at radius 3 is 1.64 bits per heavy atom. The van der Waals surface area contributed by atoms with E-state index in [1.165, 1.54) is 19.3 Å². The molecule has 0 aliphatic carbocycles. The van der Waals surface area contributed by atoms with E-state index in [0.717, 1.165) is 38.5 Å². The van der Waals surface area contributed by atoms with Crippen LogP contribution in [-0.4, -0.2) is 23.4 Å². The van der Waals surface area contributed by atoms with E-state index in [-0.39, 0.29) is 6.42 Å². The third kappa shape index (κ3) is 14.3. The molecule has 0 aromatic heterocycles. The summed E-state index contributed by atoms with van der Waals surface area (Å²) in [5, 5.41) is 8.49. The third-order valence-electron chi connectivity index (χ3n) is 4.10. The van der Waals surface area contributed by atoms with E-state index >= 15 is 0 Å². The van der Waals surface area contributed by atoms with Crippen molar-refractivity contribution >= 4 is 5.97 Å². The van der Waals surface area contributed by atoms with Crippen molar-refractivity contribution < 1.29 is 18.7 Å². The molecule has 0 amide bonds. The van der Waals surface area contributed by atoms with E-state index in [1.807, 2.05) is 0 Å². The minimum atomic E-state index is -1.32. The van der Waals surface area contributed by atoms with Crippen LogP contribution in [0.3, 0.4) is 0 Å². The highest BCUT2D eigenvalue weighted by atomic mass is 19.2. The predicted octanol–water partition coefficient (Wildman–Crippen LogP) is 6.23. The lowest BCUT2D eigenvalue weighted by molar-refractivity contribution is -0.137. The van der Waals surface area contributed by atoms with Crippen molar-refractivity contribution in [2.24, 2.45) is 0 Å². The summed E-state index contributed by atoms with van der Waals surface area (Å²) in [6.07, 6.45) is 8.82. The van der Waals surface area contributed by atoms with E-state index in [9.17, 15) is 13.6 Å². The van der Waals surface area contributed by atoms with Gasteiger partial charge >= 0.3 is 5.97 Å². The maximum Gasteiger partial charge on any atom is 0.303 e. The quantitative estimate of drug-likeness (QED) is 0.342. The Labute approximate surface area is 134 Å². The zero-order valence-corrected chi connectivity index (χ0v) is 14.2. The fourth-order valence-electron chi connectivity index (χ4n) is 2.63. The smallest absolute Gasteiger partial charge is 0.303 e. The van der Waals surface area contributed by atoms with Gasteiger partial charge < -0.3 is 5.11 Å². The van der Waals surface area contributed by atoms with Crippen LogP contribution in [0.25, 0.3) is 0 Å². The lowest BCUT2D eigenvalue weighted by Crippen LogP contribution is -2.17. The Kier molecular flexibility index (Phi) is 14.8. The topological polar surface area (TPSA) is 37.3 Å². The number of hydrogen-bond donors (Lipinski definition) is 1. The monoisotopic (exact) mass is 320 g/mol. The summed E-state index contributed by atoms with van der Waals surface area (Å²) < 4.78 is 27.3. The first-order valence-electron chi connectivity index (χ1n) is 9.07. The molecule has 0 unspecified atom stereocenters. The second kappa shape index (κ2) is 15.2. The number of unbranched alkanes of at least 4 members (excludes halogenated alkanes) is 9. The van der Waals surface area contributed by atoms with Crippen LogP contribution in [0.5, 0.6) is 0 Å². The van der Waals surface area contributed by atoms with E-state index in [4.69, 9.17) is 5.11 Å². The average Bonchev–Trinajstić information content (AvgIpc) is 2.49. The number of carboxylic acids is 1. The minimum absolute atomic E-state index is 0.205. The van der Waals surface area contributed by atoms with E-state index in [0.29, 0.717) is 25.7 Å². The number of halogens is 2. The molecule has 22 heavy (non-hydrogen) atoms. The van der Waals surface area contributed by atoms with Gasteiger partial charge in [-0.3, -0.25) is 4.79 Å². The standard InChI is InChI=1S/C18H34F2O2/c1-2-3-4-5-7-10-13-16(19)17(20)14-11-8-6-9-12-15-18(21)22/h16-17H,2-15H2,1H3,(H,21,22)/t16-,17+/m0/s1. The summed E-state index contributed by atoms with van der Waals surface area (Å²) >= 11 is 0. The molecule has 0 bridgehead atoms. The number of carbonyl (C=O) groups is 1. The summed E-state index contributed by atoms with van der Waals surface area (Å²) in [5.74, 6) is -0.765. The lowest BCUT2D eigenvalue weighted by Gasteiger charge is -2.13. The fourth-order valence-corrected chi connectivity index (χ4v) is 2.63. The fraction of sp³-hybridized carbons (Fsp3) is 0.944. The van der Waals surface area contributed by atoms with Gasteiger partial charge in [-0.15, -0.1) is 0 Å². The van der Waals surface area contributed by atoms with Crippen LogP contribution >= 0.6 is 0 Å². The predicted molar refractivity (Wildman–Crippen MR) is 87.7 cm³/mol. The summed E-state index contributed by atoms with van der Waals surface area (Å²) in [4.78, 5) is 10.3. The molecule has 0 radical (unpaired) electrons. The first kappa shape index (κ1) is 21.3. The van der Waals surface area contributed by atoms with Crippen molar-refractivity contribution in [1.29, 1.82) is 0 Å². The Bertz CT molecular complexity index is 259. The molecular weight excluding hydrogens is 286 g/mol. The normalized spacial score (nSPS) is 14.0. The molecule has 0 aromatic rings. The molecule has 0 rings (SSSR count). The molecule has 132 valence electrons. The Hall–Kier alpha value is -0.670. The van der Waals surface area contributed by atoms with Crippen molar-refractivity contribution in [3.63, 3.8) is 0 Å². The van der Waals surface area contributed by atoms with Gasteiger partial charge in [0.05, 0.1) is 0 Å². The molecule has 0 aliphatic rings. The number of aliphatic carboxylic acids is 1. The Morgan fingerprint density at radius 1 is 0.773 bits per heavy atom. The van der Waals surface area contributed by atoms with Gasteiger partial charge in [0.15, 0.2) is 0 Å². The molecule has 1 N–H and O–H groups in total. The van der Waals surface area contributed by atoms with Gasteiger partial charge in [0.25, 0.3) is 0 Å². The number of hydrogen-bond acceptors (Lipinski definition) is 1. The van der Waals surface area contributed by atoms with E-state index < -0.39 is 18.3 Å². The van der Waals surface area contributed by atoms with Crippen molar-refractivity contribution in [1.82, 2.24) is 0 Å². The Balaban J connectivity index is 3.38. The van der Waals surface area contributed by atoms with Gasteiger partial charge in [-0.2, -0.15) is 0 Å². The van der Waals surface area contributed by atoms with Crippen LogP contribution in [0.2, 0.25) is 0 Å². The van der Waals surface area contributed by atoms with Crippen LogP contribution < -0.4 is 0 Å². The van der Waals surface area contributed by atoms with Crippen LogP contribution in [0.15, 0.2) is 0 Å². The molecule has 4 heteroatoms.